The van der Waals surface area contributed by atoms with Crippen molar-refractivity contribution in [2.24, 2.45) is 10.9 Å². The second kappa shape index (κ2) is 3.43. The average Bonchev–Trinajstić information content (AvgIpc) is 2.03. The van der Waals surface area contributed by atoms with Gasteiger partial charge in [-0.3, -0.25) is 0 Å². The number of rotatable bonds is 0. The van der Waals surface area contributed by atoms with E-state index in [0.29, 0.717) is 19.7 Å². The van der Waals surface area contributed by atoms with Crippen LogP contribution in [0.3, 0.4) is 0 Å². The lowest BCUT2D eigenvalue weighted by Crippen LogP contribution is -2.47. The zero-order valence-corrected chi connectivity index (χ0v) is 6.53. The number of hydrogen-bond donors (Lipinski definition) is 2. The van der Waals surface area contributed by atoms with Crippen molar-refractivity contribution in [1.29, 1.82) is 0 Å². The molecule has 5 heteroatoms. The first kappa shape index (κ1) is 8.13. The molecule has 1 aliphatic heterocycles. The molecular weight excluding hydrogens is 146 g/mol. The Morgan fingerprint density at radius 3 is 3.09 bits per heavy atom. The summed E-state index contributed by atoms with van der Waals surface area (Å²) in [4.78, 5) is 1.79. The minimum atomic E-state index is 0.157. The molecule has 3 N–H and O–H groups in total. The Hall–Kier alpha value is -0.970. The lowest BCUT2D eigenvalue weighted by molar-refractivity contribution is 0.00445. The first-order valence-corrected chi connectivity index (χ1v) is 3.58. The number of nitrogens with two attached hydrogens (primary N) is 1. The third-order valence-electron chi connectivity index (χ3n) is 1.67. The molecule has 0 radical (unpaired) electrons. The number of morpholine rings is 1. The predicted octanol–water partition coefficient (Wildman–Crippen LogP) is -0.589. The molecule has 64 valence electrons. The van der Waals surface area contributed by atoms with Crippen LogP contribution in [0.15, 0.2) is 5.16 Å². The summed E-state index contributed by atoms with van der Waals surface area (Å²) in [5.41, 5.74) is 5.38. The number of guanidine groups is 1. The number of nitrogens with zero attached hydrogens (tertiary/aromatic N) is 2. The van der Waals surface area contributed by atoms with Gasteiger partial charge in [0.2, 0.25) is 5.96 Å². The van der Waals surface area contributed by atoms with E-state index in [9.17, 15) is 0 Å². The van der Waals surface area contributed by atoms with Crippen molar-refractivity contribution in [3.8, 4) is 0 Å². The molecule has 0 aromatic heterocycles. The molecule has 1 aliphatic rings. The molecule has 5 nitrogen and oxygen atoms in total. The molecule has 0 spiro atoms. The summed E-state index contributed by atoms with van der Waals surface area (Å²) >= 11 is 0. The molecule has 0 aromatic rings. The maximum atomic E-state index is 8.35. The van der Waals surface area contributed by atoms with Gasteiger partial charge in [0, 0.05) is 13.1 Å². The molecule has 0 aliphatic carbocycles. The molecule has 0 saturated carbocycles. The zero-order chi connectivity index (χ0) is 8.27. The summed E-state index contributed by atoms with van der Waals surface area (Å²) in [6.45, 7) is 3.98. The van der Waals surface area contributed by atoms with Gasteiger partial charge in [0.15, 0.2) is 0 Å². The van der Waals surface area contributed by atoms with Crippen molar-refractivity contribution in [1.82, 2.24) is 4.90 Å². The van der Waals surface area contributed by atoms with Crippen molar-refractivity contribution in [3.63, 3.8) is 0 Å². The molecule has 0 amide bonds. The summed E-state index contributed by atoms with van der Waals surface area (Å²) in [5, 5.41) is 11.3. The summed E-state index contributed by atoms with van der Waals surface area (Å²) in [7, 11) is 0. The van der Waals surface area contributed by atoms with Gasteiger partial charge in [-0.25, -0.2) is 0 Å². The smallest absolute Gasteiger partial charge is 0.233 e. The van der Waals surface area contributed by atoms with Gasteiger partial charge in [-0.2, -0.15) is 0 Å². The maximum absolute atomic E-state index is 8.35. The van der Waals surface area contributed by atoms with Gasteiger partial charge >= 0.3 is 0 Å². The Bertz CT molecular complexity index is 160. The predicted molar refractivity (Wildman–Crippen MR) is 40.4 cm³/mol. The van der Waals surface area contributed by atoms with Crippen LogP contribution in [-0.4, -0.2) is 41.9 Å². The maximum Gasteiger partial charge on any atom is 0.233 e. The Labute approximate surface area is 65.4 Å². The van der Waals surface area contributed by atoms with Crippen molar-refractivity contribution >= 4 is 5.96 Å². The molecule has 0 bridgehead atoms. The van der Waals surface area contributed by atoms with Crippen molar-refractivity contribution in [3.05, 3.63) is 0 Å². The van der Waals surface area contributed by atoms with Gasteiger partial charge in [0.05, 0.1) is 12.7 Å². The van der Waals surface area contributed by atoms with Crippen LogP contribution in [0.5, 0.6) is 0 Å². The van der Waals surface area contributed by atoms with E-state index in [1.165, 1.54) is 0 Å². The van der Waals surface area contributed by atoms with E-state index in [-0.39, 0.29) is 12.1 Å². The lowest BCUT2D eigenvalue weighted by atomic mass is 10.3. The standard InChI is InChI=1S/C6H13N3O2/c1-5-4-9(2-3-11-5)6(7)8-10/h5,10H,2-4H2,1H3,(H2,7,8). The van der Waals surface area contributed by atoms with Gasteiger partial charge in [-0.1, -0.05) is 5.16 Å². The van der Waals surface area contributed by atoms with Gasteiger partial charge in [-0.15, -0.1) is 0 Å². The van der Waals surface area contributed by atoms with Crippen LogP contribution in [0.1, 0.15) is 6.92 Å². The monoisotopic (exact) mass is 159 g/mol. The second-order valence-electron chi connectivity index (χ2n) is 2.59. The van der Waals surface area contributed by atoms with Crippen molar-refractivity contribution < 1.29 is 9.94 Å². The third-order valence-corrected chi connectivity index (χ3v) is 1.67. The normalized spacial score (nSPS) is 27.2. The molecule has 0 aromatic carbocycles. The topological polar surface area (TPSA) is 71.1 Å². The van der Waals surface area contributed by atoms with Crippen LogP contribution >= 0.6 is 0 Å². The Balaban J connectivity index is 2.46. The summed E-state index contributed by atoms with van der Waals surface area (Å²) in [6, 6.07) is 0. The molecule has 1 saturated heterocycles. The summed E-state index contributed by atoms with van der Waals surface area (Å²) in [5.74, 6) is 0.167. The molecule has 1 heterocycles. The SMILES string of the molecule is CC1CN(/C(N)=N\O)CCO1. The Morgan fingerprint density at radius 2 is 2.55 bits per heavy atom. The van der Waals surface area contributed by atoms with E-state index < -0.39 is 0 Å². The lowest BCUT2D eigenvalue weighted by Gasteiger charge is -2.30. The fourth-order valence-corrected chi connectivity index (χ4v) is 1.09. The highest BCUT2D eigenvalue weighted by molar-refractivity contribution is 5.77. The van der Waals surface area contributed by atoms with Gasteiger partial charge < -0.3 is 20.6 Å². The van der Waals surface area contributed by atoms with Crippen LogP contribution in [-0.2, 0) is 4.74 Å². The molecule has 1 rings (SSSR count). The largest absolute Gasteiger partial charge is 0.408 e. The van der Waals surface area contributed by atoms with Crippen LogP contribution < -0.4 is 5.73 Å². The fourth-order valence-electron chi connectivity index (χ4n) is 1.09. The van der Waals surface area contributed by atoms with Gasteiger partial charge in [0.25, 0.3) is 0 Å². The van der Waals surface area contributed by atoms with E-state index in [2.05, 4.69) is 5.16 Å². The van der Waals surface area contributed by atoms with Crippen LogP contribution in [0.4, 0.5) is 0 Å². The first-order valence-electron chi connectivity index (χ1n) is 3.58. The molecule has 11 heavy (non-hydrogen) atoms. The van der Waals surface area contributed by atoms with Crippen molar-refractivity contribution in [2.45, 2.75) is 13.0 Å². The Kier molecular flexibility index (Phi) is 2.53. The highest BCUT2D eigenvalue weighted by Crippen LogP contribution is 2.02. The van der Waals surface area contributed by atoms with Crippen LogP contribution in [0.25, 0.3) is 0 Å². The minimum Gasteiger partial charge on any atom is -0.408 e. The van der Waals surface area contributed by atoms with Gasteiger partial charge in [0.1, 0.15) is 0 Å². The second-order valence-corrected chi connectivity index (χ2v) is 2.59. The summed E-state index contributed by atoms with van der Waals surface area (Å²) in [6.07, 6.45) is 0.157. The molecular formula is C6H13N3O2. The number of hydrogen-bond acceptors (Lipinski definition) is 3. The minimum absolute atomic E-state index is 0.157. The van der Waals surface area contributed by atoms with E-state index in [4.69, 9.17) is 15.7 Å². The third kappa shape index (κ3) is 1.98. The molecule has 1 atom stereocenters. The quantitative estimate of drug-likeness (QED) is 0.214. The molecule has 1 fully saturated rings. The number of oxime groups is 1. The zero-order valence-electron chi connectivity index (χ0n) is 6.53. The highest BCUT2D eigenvalue weighted by atomic mass is 16.5. The Morgan fingerprint density at radius 1 is 1.82 bits per heavy atom. The average molecular weight is 159 g/mol. The van der Waals surface area contributed by atoms with Crippen LogP contribution in [0.2, 0.25) is 0 Å². The van der Waals surface area contributed by atoms with E-state index in [0.717, 1.165) is 0 Å². The first-order chi connectivity index (χ1) is 5.24. The van der Waals surface area contributed by atoms with Gasteiger partial charge in [-0.05, 0) is 6.92 Å². The van der Waals surface area contributed by atoms with E-state index >= 15 is 0 Å². The van der Waals surface area contributed by atoms with E-state index in [1.54, 1.807) is 4.90 Å². The summed E-state index contributed by atoms with van der Waals surface area (Å²) < 4.78 is 5.27. The van der Waals surface area contributed by atoms with Crippen molar-refractivity contribution in [2.75, 3.05) is 19.7 Å². The molecule has 1 unspecified atom stereocenters. The van der Waals surface area contributed by atoms with Crippen LogP contribution in [0, 0.1) is 0 Å². The highest BCUT2D eigenvalue weighted by Gasteiger charge is 2.17. The fraction of sp³-hybridized carbons (Fsp3) is 0.833. The van der Waals surface area contributed by atoms with E-state index in [1.807, 2.05) is 6.92 Å². The number of ether oxygens (including phenoxy) is 1.